The molecule has 222 valence electrons. The summed E-state index contributed by atoms with van der Waals surface area (Å²) in [5, 5.41) is 23.4. The van der Waals surface area contributed by atoms with Crippen LogP contribution in [0, 0.1) is 5.41 Å². The number of ketones is 1. The zero-order valence-corrected chi connectivity index (χ0v) is 25.6. The van der Waals surface area contributed by atoms with Crippen LogP contribution >= 0.6 is 0 Å². The van der Waals surface area contributed by atoms with Crippen molar-refractivity contribution >= 4 is 5.78 Å². The summed E-state index contributed by atoms with van der Waals surface area (Å²) < 4.78 is 0. The number of nitrogens with zero attached hydrogens (tertiary/aromatic N) is 1. The average molecular weight is 566 g/mol. The van der Waals surface area contributed by atoms with Crippen LogP contribution in [0.4, 0.5) is 0 Å². The predicted octanol–water partition coefficient (Wildman–Crippen LogP) is 7.13. The van der Waals surface area contributed by atoms with E-state index in [9.17, 15) is 15.0 Å². The molecule has 4 nitrogen and oxygen atoms in total. The lowest BCUT2D eigenvalue weighted by Crippen LogP contribution is -2.52. The number of allylic oxidation sites excluding steroid dienone is 2. The number of hydrogen-bond donors (Lipinski definition) is 2. The lowest BCUT2D eigenvalue weighted by Gasteiger charge is -2.45. The Morgan fingerprint density at radius 3 is 2.43 bits per heavy atom. The van der Waals surface area contributed by atoms with E-state index < -0.39 is 17.1 Å². The fourth-order valence-electron chi connectivity index (χ4n) is 7.43. The van der Waals surface area contributed by atoms with Gasteiger partial charge in [-0.15, -0.1) is 0 Å². The van der Waals surface area contributed by atoms with Gasteiger partial charge in [-0.3, -0.25) is 4.79 Å². The summed E-state index contributed by atoms with van der Waals surface area (Å²) in [4.78, 5) is 16.3. The molecule has 42 heavy (non-hydrogen) atoms. The molecule has 0 aliphatic heterocycles. The summed E-state index contributed by atoms with van der Waals surface area (Å²) in [6.07, 6.45) is 8.10. The van der Waals surface area contributed by atoms with Gasteiger partial charge in [0.25, 0.3) is 0 Å². The Kier molecular flexibility index (Phi) is 9.47. The van der Waals surface area contributed by atoms with Gasteiger partial charge >= 0.3 is 0 Å². The molecule has 3 aliphatic rings. The van der Waals surface area contributed by atoms with Gasteiger partial charge in [-0.25, -0.2) is 0 Å². The molecule has 0 unspecified atom stereocenters. The van der Waals surface area contributed by atoms with Crippen molar-refractivity contribution in [2.75, 3.05) is 20.1 Å². The van der Waals surface area contributed by atoms with E-state index in [1.807, 2.05) is 42.5 Å². The molecule has 6 rings (SSSR count). The molecule has 0 heterocycles. The van der Waals surface area contributed by atoms with Gasteiger partial charge < -0.3 is 15.1 Å². The minimum Gasteiger partial charge on any atom is -0.393 e. The summed E-state index contributed by atoms with van der Waals surface area (Å²) in [6.45, 7) is 5.89. The smallest absolute Gasteiger partial charge is 0.193 e. The fourth-order valence-corrected chi connectivity index (χ4v) is 7.43. The Hall–Kier alpha value is -3.05. The van der Waals surface area contributed by atoms with Crippen LogP contribution in [0.25, 0.3) is 0 Å². The molecule has 0 amide bonds. The van der Waals surface area contributed by atoms with Crippen molar-refractivity contribution in [1.29, 1.82) is 0 Å². The van der Waals surface area contributed by atoms with Gasteiger partial charge in [-0.1, -0.05) is 91.4 Å². The highest BCUT2D eigenvalue weighted by Gasteiger charge is 2.57. The number of hydrogen-bond acceptors (Lipinski definition) is 4. The molecule has 3 aromatic carbocycles. The number of rotatable bonds is 7. The molecule has 2 bridgehead atoms. The number of benzene rings is 3. The van der Waals surface area contributed by atoms with Crippen LogP contribution in [-0.4, -0.2) is 52.7 Å². The van der Waals surface area contributed by atoms with Crippen LogP contribution in [-0.2, 0) is 12.8 Å². The molecule has 0 aromatic heterocycles. The number of aliphatic hydroxyl groups excluding tert-OH is 1. The maximum absolute atomic E-state index is 14.0. The third kappa shape index (κ3) is 6.62. The molecule has 0 spiro atoms. The van der Waals surface area contributed by atoms with E-state index in [-0.39, 0.29) is 11.7 Å². The zero-order chi connectivity index (χ0) is 29.7. The summed E-state index contributed by atoms with van der Waals surface area (Å²) in [5.74, 6) is 0.0610. The van der Waals surface area contributed by atoms with Gasteiger partial charge in [0.2, 0.25) is 0 Å². The molecule has 4 atom stereocenters. The predicted molar refractivity (Wildman–Crippen MR) is 171 cm³/mol. The van der Waals surface area contributed by atoms with Crippen molar-refractivity contribution in [3.63, 3.8) is 0 Å². The van der Waals surface area contributed by atoms with E-state index in [0.29, 0.717) is 36.9 Å². The number of carbonyl (C=O) groups is 1. The first kappa shape index (κ1) is 30.4. The topological polar surface area (TPSA) is 60.8 Å². The molecular weight excluding hydrogens is 518 g/mol. The van der Waals surface area contributed by atoms with Crippen LogP contribution in [0.2, 0.25) is 0 Å². The van der Waals surface area contributed by atoms with E-state index in [1.165, 1.54) is 11.1 Å². The summed E-state index contributed by atoms with van der Waals surface area (Å²) in [5.41, 5.74) is 4.71. The van der Waals surface area contributed by atoms with Gasteiger partial charge in [0.15, 0.2) is 5.78 Å². The highest BCUT2D eigenvalue weighted by atomic mass is 16.3. The third-order valence-corrected chi connectivity index (χ3v) is 10.1. The minimum atomic E-state index is -0.885. The Morgan fingerprint density at radius 2 is 1.69 bits per heavy atom. The molecule has 4 heteroatoms. The van der Waals surface area contributed by atoms with Crippen molar-refractivity contribution in [3.05, 3.63) is 118 Å². The van der Waals surface area contributed by atoms with Gasteiger partial charge in [0.05, 0.1) is 11.7 Å². The number of aliphatic hydroxyl groups is 2. The summed E-state index contributed by atoms with van der Waals surface area (Å²) in [6, 6.07) is 26.3. The van der Waals surface area contributed by atoms with Gasteiger partial charge in [0, 0.05) is 29.6 Å². The average Bonchev–Trinajstić information content (AvgIpc) is 3.24. The highest BCUT2D eigenvalue weighted by molar-refractivity contribution is 6.10. The first-order valence-corrected chi connectivity index (χ1v) is 15.7. The monoisotopic (exact) mass is 565 g/mol. The Bertz CT molecular complexity index is 1380. The standard InChI is InChI=1S/C38H47NO3/c1-28-11-10-22-37(2)35(20-23-38(37,42)27-39(3)24-21-29-12-6-4-7-13-29)33-19-17-30(25-32(40)18-16-28)26-34(33)36(41)31-14-8-5-9-15-31/h4-9,11-15,17,19,26,32,35,40,42H,10,16,18,20-25,27H2,1-3H3/t32-,35-,37-,38+/m0/s1. The van der Waals surface area contributed by atoms with Crippen LogP contribution in [0.1, 0.15) is 90.9 Å². The van der Waals surface area contributed by atoms with Crippen molar-refractivity contribution in [1.82, 2.24) is 4.90 Å². The first-order valence-electron chi connectivity index (χ1n) is 15.7. The van der Waals surface area contributed by atoms with E-state index in [2.05, 4.69) is 68.3 Å². The van der Waals surface area contributed by atoms with E-state index >= 15 is 0 Å². The molecule has 2 N–H and O–H groups in total. The highest BCUT2D eigenvalue weighted by Crippen LogP contribution is 2.58. The number of carbonyl (C=O) groups excluding carboxylic acids is 1. The molecule has 1 fully saturated rings. The Balaban J connectivity index is 1.51. The van der Waals surface area contributed by atoms with Crippen LogP contribution in [0.5, 0.6) is 0 Å². The molecule has 3 aliphatic carbocycles. The van der Waals surface area contributed by atoms with Crippen molar-refractivity contribution in [2.24, 2.45) is 5.41 Å². The molecular formula is C38H47NO3. The van der Waals surface area contributed by atoms with Crippen LogP contribution in [0.3, 0.4) is 0 Å². The number of likely N-dealkylation sites (N-methyl/N-ethyl adjacent to an activating group) is 1. The lowest BCUT2D eigenvalue weighted by atomic mass is 9.64. The van der Waals surface area contributed by atoms with Crippen molar-refractivity contribution in [3.8, 4) is 0 Å². The zero-order valence-electron chi connectivity index (χ0n) is 25.6. The largest absolute Gasteiger partial charge is 0.393 e. The summed E-state index contributed by atoms with van der Waals surface area (Å²) >= 11 is 0. The second-order valence-corrected chi connectivity index (χ2v) is 13.1. The van der Waals surface area contributed by atoms with E-state index in [0.717, 1.165) is 49.8 Å². The quantitative estimate of drug-likeness (QED) is 0.236. The van der Waals surface area contributed by atoms with Gasteiger partial charge in [-0.2, -0.15) is 0 Å². The van der Waals surface area contributed by atoms with Crippen LogP contribution < -0.4 is 0 Å². The molecule has 3 aromatic rings. The first-order chi connectivity index (χ1) is 20.2. The Labute approximate surface area is 252 Å². The Morgan fingerprint density at radius 1 is 0.976 bits per heavy atom. The van der Waals surface area contributed by atoms with E-state index in [1.54, 1.807) is 0 Å². The van der Waals surface area contributed by atoms with Gasteiger partial charge in [-0.05, 0) is 94.0 Å². The second-order valence-electron chi connectivity index (χ2n) is 13.1. The van der Waals surface area contributed by atoms with Crippen LogP contribution in [0.15, 0.2) is 90.5 Å². The maximum Gasteiger partial charge on any atom is 0.193 e. The lowest BCUT2D eigenvalue weighted by molar-refractivity contribution is -0.0798. The maximum atomic E-state index is 14.0. The third-order valence-electron chi connectivity index (χ3n) is 10.1. The van der Waals surface area contributed by atoms with E-state index in [4.69, 9.17) is 0 Å². The molecule has 0 saturated heterocycles. The normalized spacial score (nSPS) is 26.5. The van der Waals surface area contributed by atoms with Gasteiger partial charge in [0.1, 0.15) is 0 Å². The second kappa shape index (κ2) is 13.1. The number of fused-ring (bicyclic) bond motifs is 8. The molecule has 1 saturated carbocycles. The van der Waals surface area contributed by atoms with Crippen molar-refractivity contribution < 1.29 is 15.0 Å². The SMILES string of the molecule is CC1=CCC[C@@]2(C)[C@@H](CC[C@@]2(O)CN(C)CCc2ccccc2)c2ccc(cc2C(=O)c2ccccc2)C[C@@H](O)CC1. The molecule has 0 radical (unpaired) electrons. The fraction of sp³-hybridized carbons (Fsp3) is 0.447. The van der Waals surface area contributed by atoms with Crippen molar-refractivity contribution in [2.45, 2.75) is 82.8 Å². The summed E-state index contributed by atoms with van der Waals surface area (Å²) in [7, 11) is 2.12. The minimum absolute atomic E-state index is 0.0162.